The van der Waals surface area contributed by atoms with Gasteiger partial charge in [-0.15, -0.1) is 0 Å². The standard InChI is InChI=1S/C25H27FN2O4/c1-15-13-17-14-16(9-10-20(17)32-15)23(29)21-22(18-7-4-5-8-19(18)26)28(25(31)24(21)30)12-6-11-27(2)3/h4-5,7-10,14-15,22,29H,6,11-13H2,1-3H3/b23-21+/t15-,22+/m1/s1. The van der Waals surface area contributed by atoms with Crippen molar-refractivity contribution in [2.24, 2.45) is 0 Å². The van der Waals surface area contributed by atoms with Gasteiger partial charge in [0.2, 0.25) is 0 Å². The number of aliphatic hydroxyl groups is 1. The van der Waals surface area contributed by atoms with E-state index >= 15 is 0 Å². The molecule has 1 N–H and O–H groups in total. The quantitative estimate of drug-likeness (QED) is 0.425. The zero-order valence-electron chi connectivity index (χ0n) is 18.5. The Kier molecular flexibility index (Phi) is 6.02. The Morgan fingerprint density at radius 1 is 1.22 bits per heavy atom. The number of likely N-dealkylation sites (tertiary alicyclic amines) is 1. The highest BCUT2D eigenvalue weighted by Gasteiger charge is 2.46. The molecule has 2 heterocycles. The molecule has 1 fully saturated rings. The monoisotopic (exact) mass is 438 g/mol. The fraction of sp³-hybridized carbons (Fsp3) is 0.360. The average molecular weight is 438 g/mol. The predicted molar refractivity (Wildman–Crippen MR) is 119 cm³/mol. The van der Waals surface area contributed by atoms with Crippen molar-refractivity contribution < 1.29 is 23.8 Å². The van der Waals surface area contributed by atoms with Crippen LogP contribution in [0.25, 0.3) is 5.76 Å². The van der Waals surface area contributed by atoms with Crippen molar-refractivity contribution in [2.75, 3.05) is 27.2 Å². The molecular weight excluding hydrogens is 411 g/mol. The smallest absolute Gasteiger partial charge is 0.295 e. The first-order valence-electron chi connectivity index (χ1n) is 10.8. The second-order valence-electron chi connectivity index (χ2n) is 8.63. The number of nitrogens with zero attached hydrogens (tertiary/aromatic N) is 2. The highest BCUT2D eigenvalue weighted by Crippen LogP contribution is 2.41. The minimum Gasteiger partial charge on any atom is -0.507 e. The minimum atomic E-state index is -0.984. The molecular formula is C25H27FN2O4. The van der Waals surface area contributed by atoms with E-state index in [4.69, 9.17) is 4.74 Å². The van der Waals surface area contributed by atoms with Crippen LogP contribution in [0.4, 0.5) is 4.39 Å². The number of fused-ring (bicyclic) bond motifs is 1. The maximum absolute atomic E-state index is 14.8. The van der Waals surface area contributed by atoms with Crippen LogP contribution in [0.2, 0.25) is 0 Å². The molecule has 0 radical (unpaired) electrons. The van der Waals surface area contributed by atoms with Crippen molar-refractivity contribution in [3.05, 3.63) is 70.5 Å². The van der Waals surface area contributed by atoms with Gasteiger partial charge in [0.05, 0.1) is 11.6 Å². The number of ether oxygens (including phenoxy) is 1. The summed E-state index contributed by atoms with van der Waals surface area (Å²) in [7, 11) is 3.84. The number of amides is 1. The predicted octanol–water partition coefficient (Wildman–Crippen LogP) is 3.52. The molecule has 6 nitrogen and oxygen atoms in total. The van der Waals surface area contributed by atoms with Gasteiger partial charge in [-0.2, -0.15) is 0 Å². The van der Waals surface area contributed by atoms with E-state index in [1.165, 1.54) is 11.0 Å². The number of hydrogen-bond acceptors (Lipinski definition) is 5. The van der Waals surface area contributed by atoms with E-state index < -0.39 is 23.5 Å². The molecule has 2 aliphatic rings. The number of rotatable bonds is 6. The molecule has 1 saturated heterocycles. The minimum absolute atomic E-state index is 0.0306. The number of hydrogen-bond donors (Lipinski definition) is 1. The molecule has 0 aliphatic carbocycles. The van der Waals surface area contributed by atoms with Gasteiger partial charge in [0.1, 0.15) is 23.4 Å². The Morgan fingerprint density at radius 2 is 1.97 bits per heavy atom. The topological polar surface area (TPSA) is 70.1 Å². The summed E-state index contributed by atoms with van der Waals surface area (Å²) >= 11 is 0. The first-order valence-corrected chi connectivity index (χ1v) is 10.8. The Labute approximate surface area is 186 Å². The number of Topliss-reactive ketones (excluding diaryl/α,β-unsaturated/α-hetero) is 1. The number of aliphatic hydroxyl groups excluding tert-OH is 1. The zero-order valence-corrected chi connectivity index (χ0v) is 18.5. The largest absolute Gasteiger partial charge is 0.507 e. The van der Waals surface area contributed by atoms with Crippen LogP contribution in [0.15, 0.2) is 48.0 Å². The summed E-state index contributed by atoms with van der Waals surface area (Å²) in [5.41, 5.74) is 1.44. The average Bonchev–Trinajstić information content (AvgIpc) is 3.24. The summed E-state index contributed by atoms with van der Waals surface area (Å²) in [6, 6.07) is 10.3. The van der Waals surface area contributed by atoms with Crippen LogP contribution in [0.3, 0.4) is 0 Å². The van der Waals surface area contributed by atoms with Crippen LogP contribution >= 0.6 is 0 Å². The number of benzene rings is 2. The van der Waals surface area contributed by atoms with Crippen molar-refractivity contribution in [2.45, 2.75) is 31.9 Å². The third-order valence-electron chi connectivity index (χ3n) is 5.91. The molecule has 2 aliphatic heterocycles. The third kappa shape index (κ3) is 4.00. The van der Waals surface area contributed by atoms with Crippen LogP contribution in [-0.4, -0.2) is 59.9 Å². The number of ketones is 1. The number of carbonyl (C=O) groups excluding carboxylic acids is 2. The lowest BCUT2D eigenvalue weighted by atomic mass is 9.94. The summed E-state index contributed by atoms with van der Waals surface area (Å²) in [6.07, 6.45) is 1.33. The van der Waals surface area contributed by atoms with Gasteiger partial charge in [0.25, 0.3) is 11.7 Å². The summed E-state index contributed by atoms with van der Waals surface area (Å²) in [5.74, 6) is -1.61. The van der Waals surface area contributed by atoms with Gasteiger partial charge in [-0.25, -0.2) is 4.39 Å². The van der Waals surface area contributed by atoms with Gasteiger partial charge in [0.15, 0.2) is 0 Å². The molecule has 0 unspecified atom stereocenters. The molecule has 168 valence electrons. The highest BCUT2D eigenvalue weighted by molar-refractivity contribution is 6.46. The van der Waals surface area contributed by atoms with E-state index in [1.807, 2.05) is 25.9 Å². The summed E-state index contributed by atoms with van der Waals surface area (Å²) in [4.78, 5) is 29.3. The first-order chi connectivity index (χ1) is 15.3. The van der Waals surface area contributed by atoms with Crippen molar-refractivity contribution in [3.63, 3.8) is 0 Å². The van der Waals surface area contributed by atoms with E-state index in [0.717, 1.165) is 11.3 Å². The molecule has 0 bridgehead atoms. The lowest BCUT2D eigenvalue weighted by molar-refractivity contribution is -0.140. The van der Waals surface area contributed by atoms with Gasteiger partial charge < -0.3 is 19.6 Å². The maximum atomic E-state index is 14.8. The molecule has 7 heteroatoms. The van der Waals surface area contributed by atoms with E-state index in [1.54, 1.807) is 36.4 Å². The van der Waals surface area contributed by atoms with E-state index in [-0.39, 0.29) is 29.5 Å². The molecule has 2 atom stereocenters. The van der Waals surface area contributed by atoms with Crippen LogP contribution in [0.1, 0.15) is 36.1 Å². The third-order valence-corrected chi connectivity index (χ3v) is 5.91. The molecule has 0 spiro atoms. The summed E-state index contributed by atoms with van der Waals surface area (Å²) in [5, 5.41) is 11.2. The lowest BCUT2D eigenvalue weighted by Crippen LogP contribution is -2.32. The van der Waals surface area contributed by atoms with Crippen molar-refractivity contribution in [1.29, 1.82) is 0 Å². The zero-order chi connectivity index (χ0) is 23.0. The molecule has 32 heavy (non-hydrogen) atoms. The SMILES string of the molecule is C[C@@H]1Cc2cc(/C(O)=C3\C(=O)C(=O)N(CCCN(C)C)[C@H]3c3ccccc3F)ccc2O1. The maximum Gasteiger partial charge on any atom is 0.295 e. The fourth-order valence-corrected chi connectivity index (χ4v) is 4.41. The van der Waals surface area contributed by atoms with Gasteiger partial charge in [-0.1, -0.05) is 18.2 Å². The summed E-state index contributed by atoms with van der Waals surface area (Å²) in [6.45, 7) is 2.93. The Bertz CT molecular complexity index is 1100. The molecule has 2 aromatic carbocycles. The Balaban J connectivity index is 1.80. The fourth-order valence-electron chi connectivity index (χ4n) is 4.41. The Hall–Kier alpha value is -3.19. The first kappa shape index (κ1) is 22.0. The Morgan fingerprint density at radius 3 is 2.69 bits per heavy atom. The second kappa shape index (κ2) is 8.74. The van der Waals surface area contributed by atoms with Crippen molar-refractivity contribution in [3.8, 4) is 5.75 Å². The number of carbonyl (C=O) groups is 2. The molecule has 1 amide bonds. The molecule has 0 saturated carbocycles. The normalized spacial score (nSPS) is 21.8. The molecule has 0 aromatic heterocycles. The van der Waals surface area contributed by atoms with Gasteiger partial charge in [-0.3, -0.25) is 9.59 Å². The van der Waals surface area contributed by atoms with Crippen LogP contribution in [0, 0.1) is 5.82 Å². The van der Waals surface area contributed by atoms with E-state index in [2.05, 4.69) is 0 Å². The lowest BCUT2D eigenvalue weighted by Gasteiger charge is -2.26. The van der Waals surface area contributed by atoms with E-state index in [9.17, 15) is 19.1 Å². The van der Waals surface area contributed by atoms with Crippen LogP contribution in [-0.2, 0) is 16.0 Å². The number of halogens is 1. The van der Waals surface area contributed by atoms with Crippen LogP contribution in [0.5, 0.6) is 5.75 Å². The second-order valence-corrected chi connectivity index (χ2v) is 8.63. The van der Waals surface area contributed by atoms with Gasteiger partial charge >= 0.3 is 0 Å². The van der Waals surface area contributed by atoms with Crippen LogP contribution < -0.4 is 4.74 Å². The summed E-state index contributed by atoms with van der Waals surface area (Å²) < 4.78 is 20.5. The van der Waals surface area contributed by atoms with E-state index in [0.29, 0.717) is 24.9 Å². The van der Waals surface area contributed by atoms with Gasteiger partial charge in [-0.05, 0) is 63.8 Å². The van der Waals surface area contributed by atoms with Crippen molar-refractivity contribution >= 4 is 17.4 Å². The van der Waals surface area contributed by atoms with Crippen molar-refractivity contribution in [1.82, 2.24) is 9.80 Å². The highest BCUT2D eigenvalue weighted by atomic mass is 19.1. The molecule has 4 rings (SSSR count). The van der Waals surface area contributed by atoms with Gasteiger partial charge in [0, 0.05) is 24.1 Å². The molecule has 2 aromatic rings.